The molecule has 0 spiro atoms. The lowest BCUT2D eigenvalue weighted by Crippen LogP contribution is -2.45. The van der Waals surface area contributed by atoms with Crippen molar-refractivity contribution >= 4 is 17.6 Å². The van der Waals surface area contributed by atoms with E-state index in [4.69, 9.17) is 4.74 Å². The largest absolute Gasteiger partial charge is 0.478 e. The molecule has 2 heterocycles. The standard InChI is InChI=1S/C29H34N4O4/c1-29(2,28(35)36)37-25-7-3-6-24(17-25)32-16-4-5-22(19-32)27(34)33(23-12-13-23)18-20-8-10-21(11-9-20)26-14-15-30-31-26/h3,6-11,14-15,17,22-23H,4-5,12-13,16,18-19H2,1-2H3,(H,30,31)(H,35,36). The third-order valence-corrected chi connectivity index (χ3v) is 7.23. The number of benzene rings is 2. The van der Waals surface area contributed by atoms with Crippen LogP contribution in [-0.4, -0.2) is 56.8 Å². The molecule has 3 aromatic rings. The molecule has 0 bridgehead atoms. The first kappa shape index (κ1) is 24.9. The zero-order valence-electron chi connectivity index (χ0n) is 21.4. The minimum absolute atomic E-state index is 0.0707. The van der Waals surface area contributed by atoms with Gasteiger partial charge in [0.15, 0.2) is 5.60 Å². The van der Waals surface area contributed by atoms with Crippen molar-refractivity contribution in [2.45, 2.75) is 57.7 Å². The predicted octanol–water partition coefficient (Wildman–Crippen LogP) is 4.73. The third kappa shape index (κ3) is 5.79. The molecule has 1 aliphatic carbocycles. The van der Waals surface area contributed by atoms with Crippen molar-refractivity contribution in [3.63, 3.8) is 0 Å². The van der Waals surface area contributed by atoms with Crippen LogP contribution in [0, 0.1) is 5.92 Å². The molecule has 2 N–H and O–H groups in total. The SMILES string of the molecule is CC(C)(Oc1cccc(N2CCCC(C(=O)N(Cc3ccc(-c4ccn[nH]4)cc3)C3CC3)C2)c1)C(=O)O. The Hall–Kier alpha value is -3.81. The van der Waals surface area contributed by atoms with Gasteiger partial charge >= 0.3 is 5.97 Å². The van der Waals surface area contributed by atoms with Crippen molar-refractivity contribution in [2.24, 2.45) is 5.92 Å². The number of hydrogen-bond donors (Lipinski definition) is 2. The van der Waals surface area contributed by atoms with E-state index >= 15 is 0 Å². The topological polar surface area (TPSA) is 98.8 Å². The first-order valence-corrected chi connectivity index (χ1v) is 13.0. The number of nitrogens with zero attached hydrogens (tertiary/aromatic N) is 3. The lowest BCUT2D eigenvalue weighted by Gasteiger charge is -2.36. The second-order valence-electron chi connectivity index (χ2n) is 10.6. The fraction of sp³-hybridized carbons (Fsp3) is 0.414. The van der Waals surface area contributed by atoms with Crippen molar-refractivity contribution in [1.29, 1.82) is 0 Å². The van der Waals surface area contributed by atoms with Crippen LogP contribution in [0.25, 0.3) is 11.3 Å². The average Bonchev–Trinajstić information content (AvgIpc) is 3.59. The summed E-state index contributed by atoms with van der Waals surface area (Å²) in [5, 5.41) is 16.4. The normalized spacial score (nSPS) is 17.9. The number of ether oxygens (including phenoxy) is 1. The maximum Gasteiger partial charge on any atom is 0.347 e. The molecular formula is C29H34N4O4. The number of carbonyl (C=O) groups is 2. The van der Waals surface area contributed by atoms with Gasteiger partial charge in [-0.25, -0.2) is 4.79 Å². The number of H-pyrrole nitrogens is 1. The molecule has 5 rings (SSSR count). The summed E-state index contributed by atoms with van der Waals surface area (Å²) in [6.07, 6.45) is 5.67. The molecule has 8 nitrogen and oxygen atoms in total. The number of piperidine rings is 1. The number of anilines is 1. The van der Waals surface area contributed by atoms with E-state index in [-0.39, 0.29) is 11.8 Å². The zero-order valence-corrected chi connectivity index (χ0v) is 21.4. The number of rotatable bonds is 9. The van der Waals surface area contributed by atoms with Gasteiger partial charge in [0.2, 0.25) is 5.91 Å². The van der Waals surface area contributed by atoms with Gasteiger partial charge in [-0.15, -0.1) is 0 Å². The highest BCUT2D eigenvalue weighted by Gasteiger charge is 2.37. The molecule has 1 aromatic heterocycles. The van der Waals surface area contributed by atoms with Gasteiger partial charge in [0, 0.05) is 43.6 Å². The summed E-state index contributed by atoms with van der Waals surface area (Å²) in [7, 11) is 0. The van der Waals surface area contributed by atoms with Crippen molar-refractivity contribution in [3.05, 3.63) is 66.4 Å². The summed E-state index contributed by atoms with van der Waals surface area (Å²) >= 11 is 0. The number of carbonyl (C=O) groups excluding carboxylic acids is 1. The fourth-order valence-corrected chi connectivity index (χ4v) is 4.91. The van der Waals surface area contributed by atoms with E-state index in [2.05, 4.69) is 44.3 Å². The van der Waals surface area contributed by atoms with Gasteiger partial charge in [0.1, 0.15) is 5.75 Å². The van der Waals surface area contributed by atoms with Crippen molar-refractivity contribution in [1.82, 2.24) is 15.1 Å². The van der Waals surface area contributed by atoms with E-state index in [1.165, 1.54) is 13.8 Å². The number of aliphatic carboxylic acids is 1. The molecule has 0 radical (unpaired) electrons. The smallest absolute Gasteiger partial charge is 0.347 e. The number of nitrogens with one attached hydrogen (secondary N) is 1. The molecule has 37 heavy (non-hydrogen) atoms. The van der Waals surface area contributed by atoms with Crippen LogP contribution < -0.4 is 9.64 Å². The van der Waals surface area contributed by atoms with Crippen LogP contribution in [0.4, 0.5) is 5.69 Å². The number of amides is 1. The zero-order chi connectivity index (χ0) is 26.0. The molecule has 2 aromatic carbocycles. The van der Waals surface area contributed by atoms with E-state index in [9.17, 15) is 14.7 Å². The molecule has 1 amide bonds. The fourth-order valence-electron chi connectivity index (χ4n) is 4.91. The van der Waals surface area contributed by atoms with E-state index in [0.717, 1.165) is 54.7 Å². The Labute approximate surface area is 217 Å². The van der Waals surface area contributed by atoms with E-state index < -0.39 is 11.6 Å². The van der Waals surface area contributed by atoms with Gasteiger partial charge in [-0.3, -0.25) is 9.89 Å². The van der Waals surface area contributed by atoms with Crippen LogP contribution in [0.3, 0.4) is 0 Å². The number of aromatic nitrogens is 2. The number of carboxylic acid groups (broad SMARTS) is 1. The molecule has 1 saturated heterocycles. The van der Waals surface area contributed by atoms with Crippen molar-refractivity contribution in [2.75, 3.05) is 18.0 Å². The molecular weight excluding hydrogens is 468 g/mol. The van der Waals surface area contributed by atoms with E-state index in [1.807, 2.05) is 24.3 Å². The van der Waals surface area contributed by atoms with Gasteiger partial charge < -0.3 is 19.6 Å². The van der Waals surface area contributed by atoms with Crippen LogP contribution in [0.5, 0.6) is 5.75 Å². The Balaban J connectivity index is 1.26. The Morgan fingerprint density at radius 1 is 1.14 bits per heavy atom. The second-order valence-corrected chi connectivity index (χ2v) is 10.6. The highest BCUT2D eigenvalue weighted by Crippen LogP contribution is 2.33. The first-order chi connectivity index (χ1) is 17.8. The minimum Gasteiger partial charge on any atom is -0.478 e. The average molecular weight is 503 g/mol. The maximum absolute atomic E-state index is 13.7. The Morgan fingerprint density at radius 3 is 2.59 bits per heavy atom. The van der Waals surface area contributed by atoms with Gasteiger partial charge in [-0.1, -0.05) is 30.3 Å². The Morgan fingerprint density at radius 2 is 1.92 bits per heavy atom. The minimum atomic E-state index is -1.32. The van der Waals surface area contributed by atoms with Crippen molar-refractivity contribution in [3.8, 4) is 17.0 Å². The van der Waals surface area contributed by atoms with E-state index in [1.54, 1.807) is 12.3 Å². The summed E-state index contributed by atoms with van der Waals surface area (Å²) < 4.78 is 5.74. The van der Waals surface area contributed by atoms with Crippen LogP contribution in [0.15, 0.2) is 60.8 Å². The highest BCUT2D eigenvalue weighted by molar-refractivity contribution is 5.80. The molecule has 2 aliphatic rings. The number of carboxylic acids is 1. The maximum atomic E-state index is 13.7. The monoisotopic (exact) mass is 502 g/mol. The molecule has 194 valence electrons. The first-order valence-electron chi connectivity index (χ1n) is 13.0. The molecule has 1 saturated carbocycles. The lowest BCUT2D eigenvalue weighted by atomic mass is 9.95. The molecule has 1 aliphatic heterocycles. The van der Waals surface area contributed by atoms with Crippen LogP contribution in [0.2, 0.25) is 0 Å². The Kier molecular flexibility index (Phi) is 6.91. The summed E-state index contributed by atoms with van der Waals surface area (Å²) in [5.41, 5.74) is 2.81. The molecule has 2 fully saturated rings. The van der Waals surface area contributed by atoms with Crippen molar-refractivity contribution < 1.29 is 19.4 Å². The molecule has 1 unspecified atom stereocenters. The summed E-state index contributed by atoms with van der Waals surface area (Å²) in [4.78, 5) is 29.5. The number of hydrogen-bond acceptors (Lipinski definition) is 5. The number of aromatic amines is 1. The summed E-state index contributed by atoms with van der Waals surface area (Å²) in [6.45, 7) is 5.20. The lowest BCUT2D eigenvalue weighted by molar-refractivity contribution is -0.152. The molecule has 8 heteroatoms. The summed E-state index contributed by atoms with van der Waals surface area (Å²) in [6, 6.07) is 18.1. The second kappa shape index (κ2) is 10.3. The molecule has 1 atom stereocenters. The van der Waals surface area contributed by atoms with Gasteiger partial charge in [-0.05, 0) is 68.9 Å². The highest BCUT2D eigenvalue weighted by atomic mass is 16.5. The Bertz CT molecular complexity index is 1240. The van der Waals surface area contributed by atoms with Crippen LogP contribution in [0.1, 0.15) is 45.1 Å². The van der Waals surface area contributed by atoms with Gasteiger partial charge in [0.25, 0.3) is 0 Å². The van der Waals surface area contributed by atoms with Gasteiger partial charge in [0.05, 0.1) is 11.6 Å². The summed E-state index contributed by atoms with van der Waals surface area (Å²) in [5.74, 6) is -0.350. The quantitative estimate of drug-likeness (QED) is 0.439. The third-order valence-electron chi connectivity index (χ3n) is 7.23. The van der Waals surface area contributed by atoms with Gasteiger partial charge in [-0.2, -0.15) is 5.10 Å². The van der Waals surface area contributed by atoms with Crippen LogP contribution in [-0.2, 0) is 16.1 Å². The predicted molar refractivity (Wildman–Crippen MR) is 141 cm³/mol. The van der Waals surface area contributed by atoms with E-state index in [0.29, 0.717) is 24.9 Å². The van der Waals surface area contributed by atoms with Crippen LogP contribution >= 0.6 is 0 Å².